The van der Waals surface area contributed by atoms with Crippen LogP contribution in [0, 0.1) is 47.2 Å². The highest BCUT2D eigenvalue weighted by molar-refractivity contribution is 7.91. The molecule has 0 N–H and O–H groups in total. The summed E-state index contributed by atoms with van der Waals surface area (Å²) in [6, 6.07) is 17.4. The molecule has 0 atom stereocenters. The highest BCUT2D eigenvalue weighted by atomic mass is 32.2. The molecule has 0 aliphatic carbocycles. The van der Waals surface area contributed by atoms with E-state index in [2.05, 4.69) is 9.69 Å². The lowest BCUT2D eigenvalue weighted by Crippen LogP contribution is -2.11. The summed E-state index contributed by atoms with van der Waals surface area (Å²) >= 11 is 0. The normalized spacial score (nSPS) is 10.9. The Balaban J connectivity index is 1.94. The van der Waals surface area contributed by atoms with Crippen LogP contribution in [0.5, 0.6) is 0 Å². The zero-order chi connectivity index (χ0) is 29.9. The van der Waals surface area contributed by atoms with Gasteiger partial charge in [0.2, 0.25) is 9.84 Å². The zero-order valence-electron chi connectivity index (χ0n) is 22.0. The largest absolute Gasteiger partial charge is 0.269 e. The summed E-state index contributed by atoms with van der Waals surface area (Å²) in [5.74, 6) is 0. The predicted molar refractivity (Wildman–Crippen MR) is 152 cm³/mol. The molecule has 0 amide bonds. The summed E-state index contributed by atoms with van der Waals surface area (Å²) in [4.78, 5) is 28.4. The minimum atomic E-state index is -4.35. The molecule has 4 aromatic carbocycles. The summed E-state index contributed by atoms with van der Waals surface area (Å²) in [6.45, 7) is 18.9. The molecule has 0 aliphatic heterocycles. The van der Waals surface area contributed by atoms with Gasteiger partial charge in [-0.15, -0.1) is 0 Å². The molecule has 11 heteroatoms. The molecular formula is C30H22N4O6S. The second kappa shape index (κ2) is 11.4. The van der Waals surface area contributed by atoms with Crippen LogP contribution in [-0.2, 0) is 22.7 Å². The Hall–Kier alpha value is -5.39. The van der Waals surface area contributed by atoms with Gasteiger partial charge < -0.3 is 0 Å². The minimum absolute atomic E-state index is 0.0581. The number of hydrogen-bond donors (Lipinski definition) is 0. The zero-order valence-corrected chi connectivity index (χ0v) is 22.8. The predicted octanol–water partition coefficient (Wildman–Crippen LogP) is 7.24. The molecule has 0 spiro atoms. The van der Waals surface area contributed by atoms with Crippen molar-refractivity contribution in [3.05, 3.63) is 149 Å². The Morgan fingerprint density at radius 3 is 1.41 bits per heavy atom. The van der Waals surface area contributed by atoms with Crippen molar-refractivity contribution in [2.24, 2.45) is 0 Å². The molecule has 0 fully saturated rings. The summed E-state index contributed by atoms with van der Waals surface area (Å²) in [5.41, 5.74) is 2.28. The van der Waals surface area contributed by atoms with E-state index in [1.807, 2.05) is 0 Å². The third kappa shape index (κ3) is 5.66. The van der Waals surface area contributed by atoms with Crippen molar-refractivity contribution >= 4 is 32.6 Å². The fourth-order valence-electron chi connectivity index (χ4n) is 4.71. The van der Waals surface area contributed by atoms with Crippen LogP contribution in [0.15, 0.2) is 82.6 Å². The van der Waals surface area contributed by atoms with Crippen molar-refractivity contribution in [2.75, 3.05) is 0 Å². The number of rotatable bonds is 8. The van der Waals surface area contributed by atoms with Crippen LogP contribution in [-0.4, -0.2) is 18.3 Å². The Morgan fingerprint density at radius 2 is 1.07 bits per heavy atom. The van der Waals surface area contributed by atoms with Crippen LogP contribution in [0.4, 0.5) is 22.7 Å². The maximum Gasteiger partial charge on any atom is 0.269 e. The van der Waals surface area contributed by atoms with Gasteiger partial charge in [-0.05, 0) is 72.2 Å². The van der Waals surface area contributed by atoms with Crippen molar-refractivity contribution in [2.45, 2.75) is 36.5 Å². The van der Waals surface area contributed by atoms with E-state index in [1.54, 1.807) is 26.0 Å². The number of aryl methyl sites for hydroxylation is 2. The highest BCUT2D eigenvalue weighted by Gasteiger charge is 2.29. The van der Waals surface area contributed by atoms with Gasteiger partial charge in [-0.25, -0.2) is 18.1 Å². The molecule has 4 rings (SSSR count). The Morgan fingerprint density at radius 1 is 0.683 bits per heavy atom. The molecule has 204 valence electrons. The smallest absolute Gasteiger partial charge is 0.258 e. The van der Waals surface area contributed by atoms with E-state index in [4.69, 9.17) is 13.1 Å². The number of benzene rings is 4. The van der Waals surface area contributed by atoms with Gasteiger partial charge in [0.15, 0.2) is 11.4 Å². The molecule has 4 aromatic rings. The van der Waals surface area contributed by atoms with Crippen molar-refractivity contribution in [3.8, 4) is 0 Å². The van der Waals surface area contributed by atoms with Crippen LogP contribution in [0.1, 0.15) is 33.4 Å². The average Bonchev–Trinajstić information content (AvgIpc) is 2.93. The molecule has 0 radical (unpaired) electrons. The number of nitro benzene ring substituents is 2. The Labute approximate surface area is 236 Å². The van der Waals surface area contributed by atoms with Gasteiger partial charge in [0.25, 0.3) is 11.4 Å². The number of nitro groups is 2. The number of nitrogens with zero attached hydrogens (tertiary/aromatic N) is 4. The van der Waals surface area contributed by atoms with Crippen LogP contribution in [0.3, 0.4) is 0 Å². The highest BCUT2D eigenvalue weighted by Crippen LogP contribution is 2.40. The molecule has 10 nitrogen and oxygen atoms in total. The quantitative estimate of drug-likeness (QED) is 0.126. The van der Waals surface area contributed by atoms with Gasteiger partial charge in [0.05, 0.1) is 32.8 Å². The number of sulfone groups is 1. The molecule has 0 aliphatic rings. The first kappa shape index (κ1) is 28.6. The Bertz CT molecular complexity index is 1790. The summed E-state index contributed by atoms with van der Waals surface area (Å²) < 4.78 is 28.7. The topological polar surface area (TPSA) is 129 Å². The molecular weight excluding hydrogens is 544 g/mol. The first-order valence-corrected chi connectivity index (χ1v) is 13.7. The van der Waals surface area contributed by atoms with Gasteiger partial charge >= 0.3 is 0 Å². The summed E-state index contributed by atoms with van der Waals surface area (Å²) in [5, 5.41) is 22.7. The van der Waals surface area contributed by atoms with E-state index in [0.717, 1.165) is 0 Å². The van der Waals surface area contributed by atoms with E-state index >= 15 is 0 Å². The SMILES string of the molecule is [C-]#[N+]c1c(C)ccc(S(=O)(=O)c2ccc(C)c([N+]#[C-])c2Cc2cccc([N+](=O)[O-])c2)c1Cc1cccc([N+](=O)[O-])c1. The van der Waals surface area contributed by atoms with E-state index < -0.39 is 19.7 Å². The van der Waals surface area contributed by atoms with Gasteiger partial charge in [-0.2, -0.15) is 0 Å². The van der Waals surface area contributed by atoms with E-state index in [9.17, 15) is 28.6 Å². The lowest BCUT2D eigenvalue weighted by Gasteiger charge is -2.18. The third-order valence-corrected chi connectivity index (χ3v) is 8.61. The van der Waals surface area contributed by atoms with Crippen LogP contribution in [0.25, 0.3) is 9.69 Å². The summed E-state index contributed by atoms with van der Waals surface area (Å²) in [6.07, 6.45) is -0.116. The monoisotopic (exact) mass is 566 g/mol. The molecule has 0 saturated carbocycles. The lowest BCUT2D eigenvalue weighted by molar-refractivity contribution is -0.385. The van der Waals surface area contributed by atoms with Gasteiger partial charge in [-0.1, -0.05) is 36.4 Å². The number of hydrogen-bond acceptors (Lipinski definition) is 6. The first-order chi connectivity index (χ1) is 19.5. The molecule has 0 bridgehead atoms. The van der Waals surface area contributed by atoms with Crippen molar-refractivity contribution in [3.63, 3.8) is 0 Å². The fourth-order valence-corrected chi connectivity index (χ4v) is 6.43. The van der Waals surface area contributed by atoms with Crippen LogP contribution >= 0.6 is 0 Å². The third-order valence-electron chi connectivity index (χ3n) is 6.69. The maximum absolute atomic E-state index is 14.3. The Kier molecular flexibility index (Phi) is 7.94. The van der Waals surface area contributed by atoms with Gasteiger partial charge in [-0.3, -0.25) is 20.2 Å². The van der Waals surface area contributed by atoms with Gasteiger partial charge in [0, 0.05) is 24.3 Å². The second-order valence-electron chi connectivity index (χ2n) is 9.35. The van der Waals surface area contributed by atoms with Crippen molar-refractivity contribution in [1.82, 2.24) is 0 Å². The van der Waals surface area contributed by atoms with Crippen LogP contribution < -0.4 is 0 Å². The van der Waals surface area contributed by atoms with E-state index in [0.29, 0.717) is 22.3 Å². The van der Waals surface area contributed by atoms with Crippen molar-refractivity contribution < 1.29 is 18.3 Å². The lowest BCUT2D eigenvalue weighted by atomic mass is 10.00. The van der Waals surface area contributed by atoms with E-state index in [-0.39, 0.29) is 56.5 Å². The molecule has 0 aromatic heterocycles. The molecule has 0 saturated heterocycles. The summed E-state index contributed by atoms with van der Waals surface area (Å²) in [7, 11) is -4.35. The maximum atomic E-state index is 14.3. The second-order valence-corrected chi connectivity index (χ2v) is 11.2. The van der Waals surface area contributed by atoms with Crippen LogP contribution in [0.2, 0.25) is 0 Å². The van der Waals surface area contributed by atoms with E-state index in [1.165, 1.54) is 60.7 Å². The fraction of sp³-hybridized carbons (Fsp3) is 0.133. The molecule has 0 unspecified atom stereocenters. The van der Waals surface area contributed by atoms with Gasteiger partial charge in [0.1, 0.15) is 0 Å². The van der Waals surface area contributed by atoms with Crippen molar-refractivity contribution in [1.29, 1.82) is 0 Å². The first-order valence-electron chi connectivity index (χ1n) is 12.2. The molecule has 0 heterocycles. The minimum Gasteiger partial charge on any atom is -0.258 e. The molecule has 41 heavy (non-hydrogen) atoms. The number of non-ortho nitro benzene ring substituents is 2. The standard InChI is InChI=1S/C30H22N4O6S/c1-19-11-13-27(25(29(19)31-3)17-21-7-5-9-23(15-21)33(35)36)41(39,40)28-14-12-20(2)30(32-4)26(28)18-22-8-6-10-24(16-22)34(37)38/h5-16H,17-18H2,1-2H3. The average molecular weight is 567 g/mol.